The highest BCUT2D eigenvalue weighted by Gasteiger charge is 2.24. The maximum absolute atomic E-state index is 9.23. The molecule has 0 saturated carbocycles. The number of nitrogens with zero attached hydrogens (tertiary/aromatic N) is 2. The zero-order valence-electron chi connectivity index (χ0n) is 12.9. The molecule has 0 aromatic heterocycles. The van der Waals surface area contributed by atoms with E-state index >= 15 is 0 Å². The van der Waals surface area contributed by atoms with E-state index in [1.54, 1.807) is 0 Å². The van der Waals surface area contributed by atoms with Crippen LogP contribution in [-0.4, -0.2) is 33.3 Å². The van der Waals surface area contributed by atoms with E-state index in [0.29, 0.717) is 6.61 Å². The van der Waals surface area contributed by atoms with Crippen molar-refractivity contribution < 1.29 is 4.74 Å². The maximum Gasteiger partial charge on any atom is 0.121 e. The molecule has 1 aromatic carbocycles. The van der Waals surface area contributed by atoms with Crippen LogP contribution in [0.2, 0.25) is 0 Å². The van der Waals surface area contributed by atoms with Crippen LogP contribution in [0.4, 0.5) is 5.69 Å². The van der Waals surface area contributed by atoms with E-state index in [1.165, 1.54) is 0 Å². The Morgan fingerprint density at radius 3 is 2.70 bits per heavy atom. The molecule has 0 fully saturated rings. The van der Waals surface area contributed by atoms with E-state index < -0.39 is 5.54 Å². The average Bonchev–Trinajstić information content (AvgIpc) is 2.48. The molecule has 0 amide bonds. The Labute approximate surface area is 122 Å². The lowest BCUT2D eigenvalue weighted by Crippen LogP contribution is -2.41. The smallest absolute Gasteiger partial charge is 0.121 e. The Morgan fingerprint density at radius 1 is 1.40 bits per heavy atom. The third-order valence-electron chi connectivity index (χ3n) is 3.65. The highest BCUT2D eigenvalue weighted by molar-refractivity contribution is 5.49. The van der Waals surface area contributed by atoms with Gasteiger partial charge in [-0.1, -0.05) is 13.0 Å². The van der Waals surface area contributed by atoms with Crippen molar-refractivity contribution in [3.05, 3.63) is 24.3 Å². The monoisotopic (exact) mass is 275 g/mol. The molecule has 1 N–H and O–H groups in total. The van der Waals surface area contributed by atoms with Crippen LogP contribution in [0.25, 0.3) is 0 Å². The fourth-order valence-corrected chi connectivity index (χ4v) is 2.08. The van der Waals surface area contributed by atoms with E-state index in [4.69, 9.17) is 4.74 Å². The highest BCUT2D eigenvalue weighted by Crippen LogP contribution is 2.20. The minimum absolute atomic E-state index is 0.422. The van der Waals surface area contributed by atoms with Gasteiger partial charge in [0.1, 0.15) is 11.3 Å². The summed E-state index contributed by atoms with van der Waals surface area (Å²) < 4.78 is 5.76. The van der Waals surface area contributed by atoms with Gasteiger partial charge in [-0.25, -0.2) is 0 Å². The fraction of sp³-hybridized carbons (Fsp3) is 0.562. The van der Waals surface area contributed by atoms with Gasteiger partial charge in [-0.3, -0.25) is 0 Å². The third-order valence-corrected chi connectivity index (χ3v) is 3.65. The first kappa shape index (κ1) is 16.3. The van der Waals surface area contributed by atoms with Crippen molar-refractivity contribution in [2.24, 2.45) is 0 Å². The highest BCUT2D eigenvalue weighted by atomic mass is 16.5. The Morgan fingerprint density at radius 2 is 2.15 bits per heavy atom. The SMILES string of the molecule is CCC(C#N)(CCCOc1cccc(N(C)C)c1)NC. The molecule has 0 radical (unpaired) electrons. The molecule has 0 aliphatic rings. The van der Waals surface area contributed by atoms with Crippen LogP contribution < -0.4 is 15.0 Å². The minimum atomic E-state index is -0.422. The van der Waals surface area contributed by atoms with E-state index in [-0.39, 0.29) is 0 Å². The van der Waals surface area contributed by atoms with Gasteiger partial charge in [0.25, 0.3) is 0 Å². The summed E-state index contributed by atoms with van der Waals surface area (Å²) in [6.07, 6.45) is 2.45. The third kappa shape index (κ3) is 4.43. The van der Waals surface area contributed by atoms with Crippen molar-refractivity contribution in [2.45, 2.75) is 31.7 Å². The van der Waals surface area contributed by atoms with E-state index in [1.807, 2.05) is 57.2 Å². The summed E-state index contributed by atoms with van der Waals surface area (Å²) in [5.41, 5.74) is 0.701. The maximum atomic E-state index is 9.23. The second-order valence-electron chi connectivity index (χ2n) is 5.14. The van der Waals surface area contributed by atoms with Gasteiger partial charge in [-0.05, 0) is 38.4 Å². The summed E-state index contributed by atoms with van der Waals surface area (Å²) in [5, 5.41) is 12.3. The molecule has 20 heavy (non-hydrogen) atoms. The van der Waals surface area contributed by atoms with E-state index in [2.05, 4.69) is 11.4 Å². The van der Waals surface area contributed by atoms with Crippen molar-refractivity contribution in [2.75, 3.05) is 32.6 Å². The summed E-state index contributed by atoms with van der Waals surface area (Å²) in [6, 6.07) is 10.4. The van der Waals surface area contributed by atoms with Crippen molar-refractivity contribution in [3.63, 3.8) is 0 Å². The molecule has 1 unspecified atom stereocenters. The van der Waals surface area contributed by atoms with Gasteiger partial charge in [0, 0.05) is 25.8 Å². The minimum Gasteiger partial charge on any atom is -0.494 e. The number of nitriles is 1. The van der Waals surface area contributed by atoms with Crippen LogP contribution in [0.15, 0.2) is 24.3 Å². The van der Waals surface area contributed by atoms with Crippen LogP contribution in [0.5, 0.6) is 5.75 Å². The van der Waals surface area contributed by atoms with E-state index in [9.17, 15) is 5.26 Å². The molecule has 0 aliphatic heterocycles. The summed E-state index contributed by atoms with van der Waals surface area (Å²) in [5.74, 6) is 0.875. The number of anilines is 1. The molecule has 4 nitrogen and oxygen atoms in total. The van der Waals surface area contributed by atoms with Crippen LogP contribution in [0.1, 0.15) is 26.2 Å². The quantitative estimate of drug-likeness (QED) is 0.741. The van der Waals surface area contributed by atoms with Gasteiger partial charge in [-0.15, -0.1) is 0 Å². The van der Waals surface area contributed by atoms with Crippen molar-refractivity contribution in [1.82, 2.24) is 5.32 Å². The lowest BCUT2D eigenvalue weighted by Gasteiger charge is -2.24. The average molecular weight is 275 g/mol. The Bertz CT molecular complexity index is 447. The fourth-order valence-electron chi connectivity index (χ4n) is 2.08. The van der Waals surface area contributed by atoms with Gasteiger partial charge in [-0.2, -0.15) is 5.26 Å². The topological polar surface area (TPSA) is 48.3 Å². The summed E-state index contributed by atoms with van der Waals surface area (Å²) in [6.45, 7) is 2.66. The second-order valence-corrected chi connectivity index (χ2v) is 5.14. The van der Waals surface area contributed by atoms with Crippen LogP contribution in [0.3, 0.4) is 0 Å². The Kier molecular flexibility index (Phi) is 6.33. The largest absolute Gasteiger partial charge is 0.494 e. The molecule has 4 heteroatoms. The zero-order valence-corrected chi connectivity index (χ0v) is 12.9. The van der Waals surface area contributed by atoms with Crippen molar-refractivity contribution in [1.29, 1.82) is 5.26 Å². The summed E-state index contributed by atoms with van der Waals surface area (Å²) >= 11 is 0. The van der Waals surface area contributed by atoms with Crippen LogP contribution in [-0.2, 0) is 0 Å². The molecule has 0 spiro atoms. The lowest BCUT2D eigenvalue weighted by molar-refractivity contribution is 0.281. The van der Waals surface area contributed by atoms with Gasteiger partial charge < -0.3 is 15.0 Å². The zero-order chi connectivity index (χ0) is 15.0. The first-order valence-electron chi connectivity index (χ1n) is 7.07. The number of nitrogens with one attached hydrogen (secondary N) is 1. The molecular formula is C16H25N3O. The first-order valence-corrected chi connectivity index (χ1v) is 7.07. The molecule has 1 atom stereocenters. The van der Waals surface area contributed by atoms with Gasteiger partial charge in [0.05, 0.1) is 12.7 Å². The molecule has 1 aromatic rings. The number of hydrogen-bond donors (Lipinski definition) is 1. The molecule has 0 heterocycles. The Balaban J connectivity index is 2.45. The second kappa shape index (κ2) is 7.76. The predicted octanol–water partition coefficient (Wildman–Crippen LogP) is 2.80. The molecule has 110 valence electrons. The van der Waals surface area contributed by atoms with Gasteiger partial charge in [0.15, 0.2) is 0 Å². The summed E-state index contributed by atoms with van der Waals surface area (Å²) in [4.78, 5) is 2.05. The van der Waals surface area contributed by atoms with Crippen molar-refractivity contribution in [3.8, 4) is 11.8 Å². The number of benzene rings is 1. The molecule has 1 rings (SSSR count). The molecule has 0 bridgehead atoms. The van der Waals surface area contributed by atoms with Crippen molar-refractivity contribution >= 4 is 5.69 Å². The first-order chi connectivity index (χ1) is 9.56. The Hall–Kier alpha value is -1.73. The normalized spacial score (nSPS) is 13.3. The molecular weight excluding hydrogens is 250 g/mol. The number of rotatable bonds is 8. The predicted molar refractivity (Wildman–Crippen MR) is 83.2 cm³/mol. The van der Waals surface area contributed by atoms with Gasteiger partial charge in [0.2, 0.25) is 0 Å². The summed E-state index contributed by atoms with van der Waals surface area (Å²) in [7, 11) is 5.86. The van der Waals surface area contributed by atoms with Gasteiger partial charge >= 0.3 is 0 Å². The number of ether oxygens (including phenoxy) is 1. The molecule has 0 aliphatic carbocycles. The number of hydrogen-bond acceptors (Lipinski definition) is 4. The van der Waals surface area contributed by atoms with Crippen LogP contribution >= 0.6 is 0 Å². The van der Waals surface area contributed by atoms with E-state index in [0.717, 1.165) is 30.7 Å². The standard InChI is InChI=1S/C16H25N3O/c1-5-16(13-17,18-2)10-7-11-20-15-9-6-8-14(12-15)19(3)4/h6,8-9,12,18H,5,7,10-11H2,1-4H3. The van der Waals surface area contributed by atoms with Crippen LogP contribution in [0, 0.1) is 11.3 Å². The lowest BCUT2D eigenvalue weighted by atomic mass is 9.92. The molecule has 0 saturated heterocycles.